The Bertz CT molecular complexity index is 611. The number of aromatic amines is 1. The molecule has 19 heavy (non-hydrogen) atoms. The summed E-state index contributed by atoms with van der Waals surface area (Å²) in [5.74, 6) is 0.882. The molecule has 1 heterocycles. The Labute approximate surface area is 120 Å². The van der Waals surface area contributed by atoms with Crippen molar-refractivity contribution in [3.05, 3.63) is 46.4 Å². The average molecular weight is 292 g/mol. The van der Waals surface area contributed by atoms with Crippen LogP contribution in [0.4, 0.5) is 0 Å². The minimum absolute atomic E-state index is 0.708. The number of aromatic nitrogens is 2. The second-order valence-corrected chi connectivity index (χ2v) is 10.5. The maximum atomic E-state index is 6.16. The topological polar surface area (TPSA) is 29.9 Å². The smallest absolute Gasteiger partial charge is 0.244 e. The SMILES string of the molecule is Cn1c(O[Si](C)(C)C)c(Cc2ccccc2)[nH]c1=S. The van der Waals surface area contributed by atoms with Gasteiger partial charge in [-0.3, -0.25) is 4.57 Å². The lowest BCUT2D eigenvalue weighted by atomic mass is 10.1. The number of benzene rings is 1. The lowest BCUT2D eigenvalue weighted by Crippen LogP contribution is -2.30. The highest BCUT2D eigenvalue weighted by molar-refractivity contribution is 7.71. The van der Waals surface area contributed by atoms with Gasteiger partial charge in [0, 0.05) is 13.5 Å². The van der Waals surface area contributed by atoms with Crippen LogP contribution in [-0.2, 0) is 13.5 Å². The average Bonchev–Trinajstić information content (AvgIpc) is 2.57. The highest BCUT2D eigenvalue weighted by Crippen LogP contribution is 2.23. The van der Waals surface area contributed by atoms with Crippen molar-refractivity contribution < 1.29 is 4.43 Å². The number of nitrogens with zero attached hydrogens (tertiary/aromatic N) is 1. The molecule has 2 rings (SSSR count). The van der Waals surface area contributed by atoms with E-state index in [0.717, 1.165) is 18.0 Å². The number of hydrogen-bond donors (Lipinski definition) is 1. The van der Waals surface area contributed by atoms with E-state index in [-0.39, 0.29) is 0 Å². The molecular formula is C14H20N2OSSi. The predicted octanol–water partition coefficient (Wildman–Crippen LogP) is 3.89. The molecular weight excluding hydrogens is 272 g/mol. The van der Waals surface area contributed by atoms with Gasteiger partial charge in [0.15, 0.2) is 4.77 Å². The zero-order chi connectivity index (χ0) is 14.0. The summed E-state index contributed by atoms with van der Waals surface area (Å²) in [5.41, 5.74) is 2.31. The number of hydrogen-bond acceptors (Lipinski definition) is 2. The van der Waals surface area contributed by atoms with Gasteiger partial charge >= 0.3 is 0 Å². The highest BCUT2D eigenvalue weighted by Gasteiger charge is 2.21. The Morgan fingerprint density at radius 3 is 2.42 bits per heavy atom. The standard InChI is InChI=1S/C14H20N2OSSi/c1-16-13(17-19(2,3)4)12(15-14(16)18)10-11-8-6-5-7-9-11/h5-9H,10H2,1-4H3,(H,15,18). The normalized spacial score (nSPS) is 11.6. The first kappa shape index (κ1) is 14.1. The molecule has 3 nitrogen and oxygen atoms in total. The van der Waals surface area contributed by atoms with Crippen LogP contribution in [0.3, 0.4) is 0 Å². The van der Waals surface area contributed by atoms with Gasteiger partial charge < -0.3 is 9.41 Å². The van der Waals surface area contributed by atoms with Crippen LogP contribution in [0.25, 0.3) is 0 Å². The van der Waals surface area contributed by atoms with E-state index in [4.69, 9.17) is 16.6 Å². The fourth-order valence-electron chi connectivity index (χ4n) is 1.90. The van der Waals surface area contributed by atoms with E-state index in [1.165, 1.54) is 5.56 Å². The Morgan fingerprint density at radius 2 is 1.84 bits per heavy atom. The third-order valence-corrected chi connectivity index (χ3v) is 3.93. The summed E-state index contributed by atoms with van der Waals surface area (Å²) in [7, 11) is 0.295. The van der Waals surface area contributed by atoms with Crippen LogP contribution in [0.5, 0.6) is 5.88 Å². The molecule has 0 radical (unpaired) electrons. The minimum atomic E-state index is -1.65. The van der Waals surface area contributed by atoms with Crippen LogP contribution in [0.2, 0.25) is 19.6 Å². The molecule has 0 aliphatic carbocycles. The number of rotatable bonds is 4. The van der Waals surface area contributed by atoms with E-state index in [2.05, 4.69) is 36.8 Å². The molecule has 0 bridgehead atoms. The number of nitrogens with one attached hydrogen (secondary N) is 1. The molecule has 2 aromatic rings. The summed E-state index contributed by atoms with van der Waals surface area (Å²) in [5, 5.41) is 0. The second-order valence-electron chi connectivity index (χ2n) is 5.65. The summed E-state index contributed by atoms with van der Waals surface area (Å²) in [6.07, 6.45) is 0.811. The number of imidazole rings is 1. The maximum Gasteiger partial charge on any atom is 0.244 e. The van der Waals surface area contributed by atoms with Gasteiger partial charge in [0.1, 0.15) is 0 Å². The van der Waals surface area contributed by atoms with Crippen molar-refractivity contribution in [1.82, 2.24) is 9.55 Å². The van der Waals surface area contributed by atoms with Crippen LogP contribution in [-0.4, -0.2) is 17.9 Å². The largest absolute Gasteiger partial charge is 0.531 e. The van der Waals surface area contributed by atoms with Crippen molar-refractivity contribution in [2.45, 2.75) is 26.1 Å². The van der Waals surface area contributed by atoms with Crippen LogP contribution >= 0.6 is 12.2 Å². The van der Waals surface area contributed by atoms with Crippen LogP contribution < -0.4 is 4.43 Å². The number of H-pyrrole nitrogens is 1. The molecule has 0 spiro atoms. The first-order valence-electron chi connectivity index (χ1n) is 6.37. The molecule has 5 heteroatoms. The van der Waals surface area contributed by atoms with Gasteiger partial charge in [-0.15, -0.1) is 0 Å². The lowest BCUT2D eigenvalue weighted by molar-refractivity contribution is 0.501. The molecule has 0 amide bonds. The van der Waals surface area contributed by atoms with Gasteiger partial charge in [-0.2, -0.15) is 0 Å². The van der Waals surface area contributed by atoms with Crippen molar-refractivity contribution in [3.8, 4) is 5.88 Å². The monoisotopic (exact) mass is 292 g/mol. The third kappa shape index (κ3) is 3.58. The van der Waals surface area contributed by atoms with Gasteiger partial charge in [-0.05, 0) is 37.4 Å². The predicted molar refractivity (Wildman–Crippen MR) is 83.8 cm³/mol. The van der Waals surface area contributed by atoms with E-state index >= 15 is 0 Å². The fraction of sp³-hybridized carbons (Fsp3) is 0.357. The molecule has 0 saturated heterocycles. The molecule has 0 saturated carbocycles. The molecule has 0 fully saturated rings. The van der Waals surface area contributed by atoms with E-state index < -0.39 is 8.32 Å². The van der Waals surface area contributed by atoms with Crippen molar-refractivity contribution in [2.24, 2.45) is 7.05 Å². The zero-order valence-corrected chi connectivity index (χ0v) is 13.7. The minimum Gasteiger partial charge on any atom is -0.531 e. The van der Waals surface area contributed by atoms with Crippen LogP contribution in [0.1, 0.15) is 11.3 Å². The van der Waals surface area contributed by atoms with Gasteiger partial charge in [0.25, 0.3) is 0 Å². The molecule has 1 aromatic heterocycles. The second kappa shape index (κ2) is 5.34. The van der Waals surface area contributed by atoms with Crippen molar-refractivity contribution >= 4 is 20.5 Å². The van der Waals surface area contributed by atoms with Crippen molar-refractivity contribution in [1.29, 1.82) is 0 Å². The third-order valence-electron chi connectivity index (χ3n) is 2.75. The Kier molecular flexibility index (Phi) is 3.96. The van der Waals surface area contributed by atoms with Crippen LogP contribution in [0, 0.1) is 4.77 Å². The van der Waals surface area contributed by atoms with E-state index in [0.29, 0.717) is 4.77 Å². The Balaban J connectivity index is 2.35. The van der Waals surface area contributed by atoms with Gasteiger partial charge in [0.2, 0.25) is 14.2 Å². The molecule has 0 aliphatic rings. The fourth-order valence-corrected chi connectivity index (χ4v) is 2.95. The van der Waals surface area contributed by atoms with Crippen molar-refractivity contribution in [2.75, 3.05) is 0 Å². The van der Waals surface area contributed by atoms with E-state index in [9.17, 15) is 0 Å². The van der Waals surface area contributed by atoms with Gasteiger partial charge in [0.05, 0.1) is 5.69 Å². The quantitative estimate of drug-likeness (QED) is 0.684. The maximum absolute atomic E-state index is 6.16. The lowest BCUT2D eigenvalue weighted by Gasteiger charge is -2.20. The summed E-state index contributed by atoms with van der Waals surface area (Å²) < 4.78 is 8.79. The van der Waals surface area contributed by atoms with Crippen molar-refractivity contribution in [3.63, 3.8) is 0 Å². The van der Waals surface area contributed by atoms with E-state index in [1.807, 2.05) is 29.8 Å². The van der Waals surface area contributed by atoms with Crippen LogP contribution in [0.15, 0.2) is 30.3 Å². The molecule has 0 atom stereocenters. The first-order valence-corrected chi connectivity index (χ1v) is 10.2. The first-order chi connectivity index (χ1) is 8.87. The molecule has 0 aliphatic heterocycles. The van der Waals surface area contributed by atoms with Gasteiger partial charge in [-0.1, -0.05) is 30.3 Å². The molecule has 1 aromatic carbocycles. The summed E-state index contributed by atoms with van der Waals surface area (Å²) in [6, 6.07) is 10.3. The molecule has 102 valence electrons. The molecule has 1 N–H and O–H groups in total. The van der Waals surface area contributed by atoms with E-state index in [1.54, 1.807) is 0 Å². The molecule has 0 unspecified atom stereocenters. The summed E-state index contributed by atoms with van der Waals surface area (Å²) in [6.45, 7) is 6.53. The summed E-state index contributed by atoms with van der Waals surface area (Å²) in [4.78, 5) is 3.26. The Hall–Kier alpha value is -1.33. The summed E-state index contributed by atoms with van der Waals surface area (Å²) >= 11 is 5.31. The zero-order valence-electron chi connectivity index (χ0n) is 11.9. The Morgan fingerprint density at radius 1 is 1.21 bits per heavy atom. The highest BCUT2D eigenvalue weighted by atomic mass is 32.1. The van der Waals surface area contributed by atoms with Gasteiger partial charge in [-0.25, -0.2) is 0 Å².